The molecule has 6 nitrogen and oxygen atoms in total. The summed E-state index contributed by atoms with van der Waals surface area (Å²) in [6.45, 7) is 7.49. The van der Waals surface area contributed by atoms with Gasteiger partial charge < -0.3 is 9.72 Å². The van der Waals surface area contributed by atoms with Crippen LogP contribution >= 0.6 is 11.6 Å². The van der Waals surface area contributed by atoms with Gasteiger partial charge in [0.1, 0.15) is 5.15 Å². The fraction of sp³-hybridized carbons (Fsp3) is 0.294. The Morgan fingerprint density at radius 3 is 2.68 bits per heavy atom. The Morgan fingerprint density at radius 2 is 2.00 bits per heavy atom. The van der Waals surface area contributed by atoms with Crippen molar-refractivity contribution >= 4 is 28.8 Å². The van der Waals surface area contributed by atoms with Crippen molar-refractivity contribution in [1.29, 1.82) is 0 Å². The lowest BCUT2D eigenvalue weighted by atomic mass is 9.90. The van der Waals surface area contributed by atoms with Crippen LogP contribution in [0.25, 0.3) is 5.65 Å². The van der Waals surface area contributed by atoms with E-state index < -0.39 is 17.1 Å². The zero-order valence-electron chi connectivity index (χ0n) is 14.3. The van der Waals surface area contributed by atoms with Crippen LogP contribution in [0.2, 0.25) is 5.15 Å². The Hall–Kier alpha value is -2.54. The fourth-order valence-electron chi connectivity index (χ4n) is 2.49. The van der Waals surface area contributed by atoms with Gasteiger partial charge in [-0.3, -0.25) is 4.79 Å². The summed E-state index contributed by atoms with van der Waals surface area (Å²) < 4.78 is 15.7. The molecule has 0 unspecified atom stereocenters. The Morgan fingerprint density at radius 1 is 1.28 bits per heavy atom. The molecule has 0 fully saturated rings. The van der Waals surface area contributed by atoms with Crippen LogP contribution in [-0.2, 0) is 5.41 Å². The first-order chi connectivity index (χ1) is 11.6. The predicted molar refractivity (Wildman–Crippen MR) is 93.6 cm³/mol. The van der Waals surface area contributed by atoms with Gasteiger partial charge in [0, 0.05) is 23.9 Å². The van der Waals surface area contributed by atoms with Crippen LogP contribution in [0.15, 0.2) is 24.7 Å². The molecular formula is C17H17ClFN5O. The average molecular weight is 362 g/mol. The van der Waals surface area contributed by atoms with Crippen molar-refractivity contribution in [1.82, 2.24) is 19.4 Å². The maximum absolute atomic E-state index is 14.2. The van der Waals surface area contributed by atoms with Crippen LogP contribution in [0.4, 0.5) is 10.1 Å². The van der Waals surface area contributed by atoms with Crippen molar-refractivity contribution in [3.05, 3.63) is 52.7 Å². The van der Waals surface area contributed by atoms with E-state index in [1.165, 1.54) is 16.7 Å². The molecule has 3 heterocycles. The molecule has 0 aromatic carbocycles. The third kappa shape index (κ3) is 3.46. The molecule has 1 N–H and O–H groups in total. The van der Waals surface area contributed by atoms with Gasteiger partial charge >= 0.3 is 0 Å². The minimum atomic E-state index is -0.524. The highest BCUT2D eigenvalue weighted by Crippen LogP contribution is 2.25. The van der Waals surface area contributed by atoms with Gasteiger partial charge in [0.05, 0.1) is 23.3 Å². The summed E-state index contributed by atoms with van der Waals surface area (Å²) in [5.74, 6) is -1.01. The normalized spacial score (nSPS) is 11.8. The third-order valence-electron chi connectivity index (χ3n) is 3.55. The Labute approximate surface area is 149 Å². The van der Waals surface area contributed by atoms with Crippen LogP contribution in [0, 0.1) is 12.7 Å². The molecule has 0 saturated carbocycles. The first-order valence-corrected chi connectivity index (χ1v) is 8.02. The number of hydrogen-bond donors (Lipinski definition) is 1. The van der Waals surface area contributed by atoms with Gasteiger partial charge in [-0.1, -0.05) is 32.4 Å². The minimum Gasteiger partial charge on any atom is -0.319 e. The van der Waals surface area contributed by atoms with E-state index in [9.17, 15) is 9.18 Å². The number of hydrogen-bond acceptors (Lipinski definition) is 4. The van der Waals surface area contributed by atoms with Gasteiger partial charge in [0.2, 0.25) is 0 Å². The Kier molecular flexibility index (Phi) is 4.20. The van der Waals surface area contributed by atoms with Gasteiger partial charge in [-0.05, 0) is 6.92 Å². The summed E-state index contributed by atoms with van der Waals surface area (Å²) in [4.78, 5) is 25.1. The van der Waals surface area contributed by atoms with E-state index in [-0.39, 0.29) is 16.5 Å². The van der Waals surface area contributed by atoms with Crippen molar-refractivity contribution in [3.8, 4) is 0 Å². The van der Waals surface area contributed by atoms with E-state index in [1.807, 2.05) is 20.8 Å². The number of pyridine rings is 1. The second-order valence-corrected chi connectivity index (χ2v) is 7.17. The first kappa shape index (κ1) is 17.3. The zero-order valence-corrected chi connectivity index (χ0v) is 15.0. The lowest BCUT2D eigenvalue weighted by molar-refractivity contribution is 0.101. The number of aromatic nitrogens is 4. The average Bonchev–Trinajstić information content (AvgIpc) is 2.87. The Balaban J connectivity index is 1.98. The summed E-state index contributed by atoms with van der Waals surface area (Å²) in [6, 6.07) is 1.22. The highest BCUT2D eigenvalue weighted by molar-refractivity contribution is 6.29. The number of carbonyl (C=O) groups excluding carboxylic acids is 1. The smallest absolute Gasteiger partial charge is 0.276 e. The number of halogens is 2. The van der Waals surface area contributed by atoms with E-state index in [2.05, 4.69) is 20.3 Å². The lowest BCUT2D eigenvalue weighted by Crippen LogP contribution is -2.24. The summed E-state index contributed by atoms with van der Waals surface area (Å²) in [6.07, 6.45) is 4.59. The number of aryl methyl sites for hydroxylation is 1. The lowest BCUT2D eigenvalue weighted by Gasteiger charge is -2.20. The molecule has 0 spiro atoms. The molecule has 130 valence electrons. The topological polar surface area (TPSA) is 72.2 Å². The number of imidazole rings is 1. The summed E-state index contributed by atoms with van der Waals surface area (Å²) >= 11 is 5.91. The van der Waals surface area contributed by atoms with Gasteiger partial charge in [0.15, 0.2) is 17.2 Å². The highest BCUT2D eigenvalue weighted by atomic mass is 35.5. The number of carbonyl (C=O) groups is 1. The van der Waals surface area contributed by atoms with Crippen molar-refractivity contribution in [2.24, 2.45) is 0 Å². The molecule has 0 aliphatic heterocycles. The number of fused-ring (bicyclic) bond motifs is 1. The molecule has 0 radical (unpaired) electrons. The zero-order chi connectivity index (χ0) is 18.4. The fourth-order valence-corrected chi connectivity index (χ4v) is 2.63. The minimum absolute atomic E-state index is 0.152. The monoisotopic (exact) mass is 361 g/mol. The van der Waals surface area contributed by atoms with Crippen molar-refractivity contribution in [2.75, 3.05) is 5.32 Å². The SMILES string of the molecule is Cc1cn2cc(NC(=O)c3ncc(Cl)nc3C(C)(C)C)cc(F)c2n1. The quantitative estimate of drug-likeness (QED) is 0.754. The maximum Gasteiger partial charge on any atom is 0.276 e. The van der Waals surface area contributed by atoms with Crippen LogP contribution in [0.1, 0.15) is 42.6 Å². The van der Waals surface area contributed by atoms with Gasteiger partial charge in [0.25, 0.3) is 5.91 Å². The van der Waals surface area contributed by atoms with Crippen LogP contribution in [-0.4, -0.2) is 25.3 Å². The molecular weight excluding hydrogens is 345 g/mol. The molecule has 25 heavy (non-hydrogen) atoms. The molecule has 3 rings (SSSR count). The predicted octanol–water partition coefficient (Wildman–Crippen LogP) is 3.78. The standard InChI is InChI=1S/C17H17ClFN5O/c1-9-7-24-8-10(5-11(19)15(24)21-9)22-16(25)13-14(17(2,3)4)23-12(18)6-20-13/h5-8H,1-4H3,(H,22,25). The van der Waals surface area contributed by atoms with Gasteiger partial charge in [-0.2, -0.15) is 0 Å². The van der Waals surface area contributed by atoms with Crippen molar-refractivity contribution in [3.63, 3.8) is 0 Å². The second-order valence-electron chi connectivity index (χ2n) is 6.78. The van der Waals surface area contributed by atoms with Crippen LogP contribution < -0.4 is 5.32 Å². The number of nitrogens with zero attached hydrogens (tertiary/aromatic N) is 4. The Bertz CT molecular complexity index is 977. The molecule has 0 saturated heterocycles. The molecule has 0 aliphatic carbocycles. The molecule has 0 aliphatic rings. The van der Waals surface area contributed by atoms with Crippen LogP contribution in [0.5, 0.6) is 0 Å². The second kappa shape index (κ2) is 6.07. The van der Waals surface area contributed by atoms with Gasteiger partial charge in [-0.25, -0.2) is 19.3 Å². The van der Waals surface area contributed by atoms with E-state index in [0.717, 1.165) is 0 Å². The molecule has 1 amide bonds. The number of nitrogens with one attached hydrogen (secondary N) is 1. The summed E-state index contributed by atoms with van der Waals surface area (Å²) in [5, 5.41) is 2.87. The highest BCUT2D eigenvalue weighted by Gasteiger charge is 2.25. The third-order valence-corrected chi connectivity index (χ3v) is 3.74. The molecule has 3 aromatic heterocycles. The summed E-state index contributed by atoms with van der Waals surface area (Å²) in [7, 11) is 0. The summed E-state index contributed by atoms with van der Waals surface area (Å²) in [5.41, 5.74) is 1.38. The van der Waals surface area contributed by atoms with Gasteiger partial charge in [-0.15, -0.1) is 0 Å². The van der Waals surface area contributed by atoms with Crippen molar-refractivity contribution < 1.29 is 9.18 Å². The van der Waals surface area contributed by atoms with Crippen molar-refractivity contribution in [2.45, 2.75) is 33.1 Å². The van der Waals surface area contributed by atoms with E-state index in [4.69, 9.17) is 11.6 Å². The van der Waals surface area contributed by atoms with Crippen LogP contribution in [0.3, 0.4) is 0 Å². The number of anilines is 1. The first-order valence-electron chi connectivity index (χ1n) is 7.64. The molecule has 3 aromatic rings. The van der Waals surface area contributed by atoms with E-state index in [0.29, 0.717) is 17.1 Å². The molecule has 0 atom stereocenters. The maximum atomic E-state index is 14.2. The molecule has 8 heteroatoms. The number of amides is 1. The largest absolute Gasteiger partial charge is 0.319 e. The number of rotatable bonds is 2. The molecule has 0 bridgehead atoms. The van der Waals surface area contributed by atoms with E-state index >= 15 is 0 Å². The van der Waals surface area contributed by atoms with E-state index in [1.54, 1.807) is 19.3 Å².